The van der Waals surface area contributed by atoms with Gasteiger partial charge in [0, 0.05) is 4.88 Å². The zero-order valence-corrected chi connectivity index (χ0v) is 16.9. The van der Waals surface area contributed by atoms with E-state index in [-0.39, 0.29) is 19.0 Å². The number of esters is 1. The first-order valence-electron chi connectivity index (χ1n) is 8.86. The first kappa shape index (κ1) is 18.6. The minimum atomic E-state index is -0.607. The molecule has 2 aromatic heterocycles. The van der Waals surface area contributed by atoms with Crippen molar-refractivity contribution < 1.29 is 14.3 Å². The third-order valence-corrected chi connectivity index (χ3v) is 5.94. The van der Waals surface area contributed by atoms with Crippen LogP contribution >= 0.6 is 22.9 Å². The Bertz CT molecular complexity index is 1100. The fourth-order valence-electron chi connectivity index (χ4n) is 3.10. The second kappa shape index (κ2) is 7.37. The lowest BCUT2D eigenvalue weighted by atomic mass is 10.0. The second-order valence-electron chi connectivity index (χ2n) is 6.13. The van der Waals surface area contributed by atoms with E-state index in [0.29, 0.717) is 22.1 Å². The van der Waals surface area contributed by atoms with Gasteiger partial charge >= 0.3 is 5.97 Å². The SMILES string of the molecule is CCOC(=O)c1nc2n(n1)-c1sc(CC)cc1C(c1ccccc1Cl)=[N+]([O-])C2. The molecule has 0 unspecified atom stereocenters. The highest BCUT2D eigenvalue weighted by molar-refractivity contribution is 7.15. The first-order valence-corrected chi connectivity index (χ1v) is 10.1. The summed E-state index contributed by atoms with van der Waals surface area (Å²) in [6.45, 7) is 3.93. The Morgan fingerprint density at radius 1 is 1.36 bits per heavy atom. The molecule has 28 heavy (non-hydrogen) atoms. The minimum Gasteiger partial charge on any atom is -0.623 e. The van der Waals surface area contributed by atoms with Crippen LogP contribution in [-0.4, -0.2) is 37.8 Å². The number of hydroxylamine groups is 1. The molecule has 9 heteroatoms. The van der Waals surface area contributed by atoms with E-state index in [9.17, 15) is 10.0 Å². The summed E-state index contributed by atoms with van der Waals surface area (Å²) >= 11 is 7.90. The molecular weight excluding hydrogens is 400 g/mol. The van der Waals surface area contributed by atoms with E-state index < -0.39 is 5.97 Å². The standard InChI is InChI=1S/C19H17ClN4O3S/c1-3-11-9-13-16(12-7-5-6-8-14(12)20)23(26)10-15-21-17(19(25)27-4-2)22-24(15)18(13)28-11/h5-9H,3-4,10H2,1-2H3. The molecule has 1 aliphatic rings. The molecular formula is C19H17ClN4O3S. The number of nitrogens with zero attached hydrogens (tertiary/aromatic N) is 4. The molecule has 0 atom stereocenters. The molecule has 1 aromatic carbocycles. The molecule has 0 N–H and O–H groups in total. The maximum Gasteiger partial charge on any atom is 0.378 e. The highest BCUT2D eigenvalue weighted by Crippen LogP contribution is 2.33. The van der Waals surface area contributed by atoms with Gasteiger partial charge in [0.25, 0.3) is 5.82 Å². The predicted octanol–water partition coefficient (Wildman–Crippen LogP) is 3.58. The molecule has 0 saturated heterocycles. The number of rotatable bonds is 4. The van der Waals surface area contributed by atoms with Crippen LogP contribution in [0.4, 0.5) is 0 Å². The predicted molar refractivity (Wildman–Crippen MR) is 107 cm³/mol. The lowest BCUT2D eigenvalue weighted by Gasteiger charge is -2.09. The molecule has 0 aliphatic carbocycles. The van der Waals surface area contributed by atoms with Crippen LogP contribution < -0.4 is 0 Å². The summed E-state index contributed by atoms with van der Waals surface area (Å²) in [5, 5.41) is 18.7. The van der Waals surface area contributed by atoms with Gasteiger partial charge in [0.05, 0.1) is 22.8 Å². The van der Waals surface area contributed by atoms with Gasteiger partial charge < -0.3 is 9.94 Å². The van der Waals surface area contributed by atoms with Crippen molar-refractivity contribution in [2.45, 2.75) is 26.8 Å². The Balaban J connectivity index is 1.94. The van der Waals surface area contributed by atoms with Gasteiger partial charge in [0.1, 0.15) is 5.00 Å². The molecule has 0 spiro atoms. The van der Waals surface area contributed by atoms with E-state index in [1.807, 2.05) is 31.2 Å². The van der Waals surface area contributed by atoms with Crippen LogP contribution in [0.1, 0.15) is 46.3 Å². The number of halogens is 1. The zero-order chi connectivity index (χ0) is 19.8. The lowest BCUT2D eigenvalue weighted by molar-refractivity contribution is -0.475. The normalized spacial score (nSPS) is 13.1. The van der Waals surface area contributed by atoms with Crippen LogP contribution in [-0.2, 0) is 17.7 Å². The number of hydrogen-bond donors (Lipinski definition) is 0. The molecule has 0 bridgehead atoms. The van der Waals surface area contributed by atoms with Crippen molar-refractivity contribution in [3.63, 3.8) is 0 Å². The van der Waals surface area contributed by atoms with Gasteiger partial charge in [-0.1, -0.05) is 30.7 Å². The third kappa shape index (κ3) is 3.08. The maximum atomic E-state index is 13.1. The summed E-state index contributed by atoms with van der Waals surface area (Å²) in [6.07, 6.45) is 0.807. The number of thiophene rings is 1. The van der Waals surface area contributed by atoms with Crippen molar-refractivity contribution in [1.29, 1.82) is 0 Å². The Kier molecular flexibility index (Phi) is 4.91. The van der Waals surface area contributed by atoms with E-state index >= 15 is 0 Å². The Morgan fingerprint density at radius 3 is 2.86 bits per heavy atom. The van der Waals surface area contributed by atoms with E-state index in [0.717, 1.165) is 26.6 Å². The van der Waals surface area contributed by atoms with Gasteiger partial charge in [-0.25, -0.2) is 4.79 Å². The lowest BCUT2D eigenvalue weighted by Crippen LogP contribution is -2.18. The van der Waals surface area contributed by atoms with Crippen molar-refractivity contribution in [3.8, 4) is 5.00 Å². The summed E-state index contributed by atoms with van der Waals surface area (Å²) in [5.74, 6) is -0.278. The molecule has 1 aliphatic heterocycles. The highest BCUT2D eigenvalue weighted by atomic mass is 35.5. The summed E-state index contributed by atoms with van der Waals surface area (Å²) < 4.78 is 7.42. The van der Waals surface area contributed by atoms with Crippen LogP contribution in [0.3, 0.4) is 0 Å². The molecule has 7 nitrogen and oxygen atoms in total. The van der Waals surface area contributed by atoms with Gasteiger partial charge in [-0.2, -0.15) is 14.4 Å². The molecule has 0 saturated carbocycles. The maximum absolute atomic E-state index is 13.1. The topological polar surface area (TPSA) is 83.1 Å². The van der Waals surface area contributed by atoms with Gasteiger partial charge in [-0.3, -0.25) is 0 Å². The number of benzene rings is 1. The molecule has 3 heterocycles. The van der Waals surface area contributed by atoms with Crippen molar-refractivity contribution in [1.82, 2.24) is 14.8 Å². The highest BCUT2D eigenvalue weighted by Gasteiger charge is 2.32. The Hall–Kier alpha value is -2.71. The Labute approximate surface area is 170 Å². The molecule has 0 radical (unpaired) electrons. The van der Waals surface area contributed by atoms with Crippen LogP contribution in [0.15, 0.2) is 30.3 Å². The average molecular weight is 417 g/mol. The van der Waals surface area contributed by atoms with Crippen molar-refractivity contribution in [2.75, 3.05) is 6.61 Å². The first-order chi connectivity index (χ1) is 13.5. The molecule has 144 valence electrons. The van der Waals surface area contributed by atoms with Gasteiger partial charge in [-0.05, 0) is 31.5 Å². The summed E-state index contributed by atoms with van der Waals surface area (Å²) in [5.41, 5.74) is 1.85. The van der Waals surface area contributed by atoms with E-state index in [4.69, 9.17) is 16.3 Å². The zero-order valence-electron chi connectivity index (χ0n) is 15.3. The largest absolute Gasteiger partial charge is 0.623 e. The Morgan fingerprint density at radius 2 is 2.14 bits per heavy atom. The quantitative estimate of drug-likeness (QED) is 0.368. The van der Waals surface area contributed by atoms with Crippen LogP contribution in [0.5, 0.6) is 0 Å². The number of hydrogen-bond acceptors (Lipinski definition) is 6. The molecule has 0 fully saturated rings. The summed E-state index contributed by atoms with van der Waals surface area (Å²) in [7, 11) is 0. The monoisotopic (exact) mass is 416 g/mol. The van der Waals surface area contributed by atoms with Crippen molar-refractivity contribution in [3.05, 3.63) is 68.2 Å². The van der Waals surface area contributed by atoms with E-state index in [1.54, 1.807) is 17.7 Å². The van der Waals surface area contributed by atoms with E-state index in [1.165, 1.54) is 11.3 Å². The molecule has 0 amide bonds. The van der Waals surface area contributed by atoms with Crippen molar-refractivity contribution >= 4 is 34.6 Å². The fourth-order valence-corrected chi connectivity index (χ4v) is 4.39. The smallest absolute Gasteiger partial charge is 0.378 e. The third-order valence-electron chi connectivity index (χ3n) is 4.36. The number of carbonyl (C=O) groups is 1. The van der Waals surface area contributed by atoms with Gasteiger partial charge in [-0.15, -0.1) is 16.4 Å². The molecule has 4 rings (SSSR count). The van der Waals surface area contributed by atoms with Crippen LogP contribution in [0.2, 0.25) is 5.02 Å². The fraction of sp³-hybridized carbons (Fsp3) is 0.263. The van der Waals surface area contributed by atoms with Gasteiger partial charge in [0.2, 0.25) is 18.1 Å². The number of fused-ring (bicyclic) bond motifs is 3. The number of ether oxygens (including phenoxy) is 1. The van der Waals surface area contributed by atoms with E-state index in [2.05, 4.69) is 10.1 Å². The summed E-state index contributed by atoms with van der Waals surface area (Å²) in [4.78, 5) is 17.4. The van der Waals surface area contributed by atoms with Crippen molar-refractivity contribution in [2.24, 2.45) is 0 Å². The van der Waals surface area contributed by atoms with Crippen LogP contribution in [0, 0.1) is 5.21 Å². The minimum absolute atomic E-state index is 0.0520. The molecule has 3 aromatic rings. The second-order valence-corrected chi connectivity index (χ2v) is 7.66. The number of carbonyl (C=O) groups excluding carboxylic acids is 1. The summed E-state index contributed by atoms with van der Waals surface area (Å²) in [6, 6.07) is 9.22. The number of aryl methyl sites for hydroxylation is 1. The van der Waals surface area contributed by atoms with Gasteiger partial charge in [0.15, 0.2) is 0 Å². The average Bonchev–Trinajstić information content (AvgIpc) is 3.26. The van der Waals surface area contributed by atoms with Crippen LogP contribution in [0.25, 0.3) is 5.00 Å². The number of aromatic nitrogens is 3.